The van der Waals surface area contributed by atoms with E-state index in [2.05, 4.69) is 5.32 Å². The Labute approximate surface area is 102 Å². The van der Waals surface area contributed by atoms with Gasteiger partial charge in [0.15, 0.2) is 0 Å². The highest BCUT2D eigenvalue weighted by Crippen LogP contribution is 2.16. The number of rotatable bonds is 5. The molecule has 0 spiro atoms. The minimum atomic E-state index is -0.0896. The van der Waals surface area contributed by atoms with Gasteiger partial charge in [-0.25, -0.2) is 0 Å². The summed E-state index contributed by atoms with van der Waals surface area (Å²) in [4.78, 5) is 24.8. The highest BCUT2D eigenvalue weighted by molar-refractivity contribution is 5.84. The lowest BCUT2D eigenvalue weighted by Gasteiger charge is -2.34. The van der Waals surface area contributed by atoms with Crippen LogP contribution < -0.4 is 5.32 Å². The third kappa shape index (κ3) is 4.34. The van der Waals surface area contributed by atoms with Crippen LogP contribution in [-0.2, 0) is 9.59 Å². The molecule has 0 aliphatic carbocycles. The maximum atomic E-state index is 11.9. The zero-order chi connectivity index (χ0) is 12.7. The monoisotopic (exact) mass is 242 g/mol. The Morgan fingerprint density at radius 1 is 1.41 bits per heavy atom. The maximum Gasteiger partial charge on any atom is 0.242 e. The van der Waals surface area contributed by atoms with Crippen LogP contribution in [0.3, 0.4) is 0 Å². The van der Waals surface area contributed by atoms with Crippen molar-refractivity contribution in [3.63, 3.8) is 0 Å². The molecule has 1 unspecified atom stereocenters. The number of amides is 2. The summed E-state index contributed by atoms with van der Waals surface area (Å²) in [5, 5.41) is 11.8. The second-order valence-electron chi connectivity index (χ2n) is 4.45. The fourth-order valence-electron chi connectivity index (χ4n) is 2.11. The third-order valence-electron chi connectivity index (χ3n) is 3.07. The molecule has 0 aromatic carbocycles. The van der Waals surface area contributed by atoms with Crippen molar-refractivity contribution in [1.82, 2.24) is 10.2 Å². The quantitative estimate of drug-likeness (QED) is 0.727. The Kier molecular flexibility index (Phi) is 5.97. The number of aliphatic hydroxyl groups excluding tert-OH is 1. The molecule has 2 N–H and O–H groups in total. The van der Waals surface area contributed by atoms with Crippen LogP contribution in [0, 0.1) is 0 Å². The Morgan fingerprint density at radius 3 is 2.82 bits per heavy atom. The zero-order valence-corrected chi connectivity index (χ0v) is 10.4. The van der Waals surface area contributed by atoms with E-state index in [0.29, 0.717) is 13.0 Å². The van der Waals surface area contributed by atoms with Crippen LogP contribution in [0.2, 0.25) is 0 Å². The predicted molar refractivity (Wildman–Crippen MR) is 64.4 cm³/mol. The van der Waals surface area contributed by atoms with Gasteiger partial charge in [0.25, 0.3) is 0 Å². The molecule has 0 aromatic rings. The number of likely N-dealkylation sites (tertiary alicyclic amines) is 1. The first kappa shape index (κ1) is 14.0. The molecule has 5 nitrogen and oxygen atoms in total. The van der Waals surface area contributed by atoms with Gasteiger partial charge >= 0.3 is 0 Å². The molecule has 1 aliphatic rings. The van der Waals surface area contributed by atoms with Gasteiger partial charge in [0, 0.05) is 13.0 Å². The second-order valence-corrected chi connectivity index (χ2v) is 4.45. The fourth-order valence-corrected chi connectivity index (χ4v) is 2.11. The van der Waals surface area contributed by atoms with E-state index in [1.54, 1.807) is 4.90 Å². The Balaban J connectivity index is 2.37. The Morgan fingerprint density at radius 2 is 2.18 bits per heavy atom. The van der Waals surface area contributed by atoms with Gasteiger partial charge in [-0.2, -0.15) is 0 Å². The number of nitrogens with one attached hydrogen (secondary N) is 1. The van der Waals surface area contributed by atoms with Crippen LogP contribution in [0.5, 0.6) is 0 Å². The van der Waals surface area contributed by atoms with Gasteiger partial charge in [-0.1, -0.05) is 6.92 Å². The summed E-state index contributed by atoms with van der Waals surface area (Å²) in [6.07, 6.45) is 4.12. The normalized spacial score (nSPS) is 20.1. The minimum absolute atomic E-state index is 0.00858. The van der Waals surface area contributed by atoms with Crippen LogP contribution >= 0.6 is 0 Å². The van der Waals surface area contributed by atoms with E-state index in [-0.39, 0.29) is 31.0 Å². The first-order valence-corrected chi connectivity index (χ1v) is 6.36. The van der Waals surface area contributed by atoms with Gasteiger partial charge in [0.2, 0.25) is 11.8 Å². The molecule has 1 heterocycles. The van der Waals surface area contributed by atoms with Crippen LogP contribution in [0.1, 0.15) is 39.0 Å². The zero-order valence-electron chi connectivity index (χ0n) is 10.4. The van der Waals surface area contributed by atoms with Gasteiger partial charge in [0.1, 0.15) is 0 Å². The molecular weight excluding hydrogens is 220 g/mol. The van der Waals surface area contributed by atoms with E-state index in [4.69, 9.17) is 0 Å². The molecule has 1 rings (SSSR count). The molecule has 1 aliphatic heterocycles. The lowest BCUT2D eigenvalue weighted by atomic mass is 10.0. The summed E-state index contributed by atoms with van der Waals surface area (Å²) in [7, 11) is 0. The number of carbonyl (C=O) groups excluding carboxylic acids is 2. The van der Waals surface area contributed by atoms with Gasteiger partial charge < -0.3 is 15.3 Å². The van der Waals surface area contributed by atoms with E-state index in [9.17, 15) is 14.7 Å². The van der Waals surface area contributed by atoms with Crippen LogP contribution in [-0.4, -0.2) is 47.6 Å². The topological polar surface area (TPSA) is 69.6 Å². The number of nitrogens with zero attached hydrogens (tertiary/aromatic N) is 1. The molecular formula is C12H22N2O3. The first-order chi connectivity index (χ1) is 8.19. The van der Waals surface area contributed by atoms with Gasteiger partial charge in [-0.05, 0) is 25.7 Å². The number of piperidine rings is 1. The first-order valence-electron chi connectivity index (χ1n) is 6.36. The van der Waals surface area contributed by atoms with Crippen molar-refractivity contribution in [2.75, 3.05) is 19.7 Å². The van der Waals surface area contributed by atoms with Crippen molar-refractivity contribution in [2.45, 2.75) is 45.1 Å². The lowest BCUT2D eigenvalue weighted by molar-refractivity contribution is -0.136. The van der Waals surface area contributed by atoms with Crippen molar-refractivity contribution in [1.29, 1.82) is 0 Å². The Hall–Kier alpha value is -1.10. The molecule has 17 heavy (non-hydrogen) atoms. The number of hydrogen-bond donors (Lipinski definition) is 2. The van der Waals surface area contributed by atoms with E-state index >= 15 is 0 Å². The summed E-state index contributed by atoms with van der Waals surface area (Å²) in [5.41, 5.74) is 0. The van der Waals surface area contributed by atoms with Crippen molar-refractivity contribution < 1.29 is 14.7 Å². The smallest absolute Gasteiger partial charge is 0.242 e. The number of carbonyl (C=O) groups is 2. The average Bonchev–Trinajstić information content (AvgIpc) is 2.36. The number of aliphatic hydroxyl groups is 1. The molecule has 1 fully saturated rings. The predicted octanol–water partition coefficient (Wildman–Crippen LogP) is 0.276. The lowest BCUT2D eigenvalue weighted by Crippen LogP contribution is -2.49. The molecule has 0 radical (unpaired) electrons. The van der Waals surface area contributed by atoms with Crippen LogP contribution in [0.4, 0.5) is 0 Å². The SMILES string of the molecule is CCCC(=O)NCC(=O)N1CCCCC1CO. The van der Waals surface area contributed by atoms with Gasteiger partial charge in [-0.15, -0.1) is 0 Å². The molecule has 0 aromatic heterocycles. The second kappa shape index (κ2) is 7.27. The molecule has 0 bridgehead atoms. The third-order valence-corrected chi connectivity index (χ3v) is 3.07. The highest BCUT2D eigenvalue weighted by atomic mass is 16.3. The highest BCUT2D eigenvalue weighted by Gasteiger charge is 2.25. The minimum Gasteiger partial charge on any atom is -0.394 e. The fraction of sp³-hybridized carbons (Fsp3) is 0.833. The summed E-state index contributed by atoms with van der Waals surface area (Å²) in [6, 6.07) is -0.0701. The van der Waals surface area contributed by atoms with Gasteiger partial charge in [-0.3, -0.25) is 9.59 Å². The Bertz CT molecular complexity index is 268. The summed E-state index contributed by atoms with van der Waals surface area (Å²) < 4.78 is 0. The summed E-state index contributed by atoms with van der Waals surface area (Å²) in [5.74, 6) is -0.174. The standard InChI is InChI=1S/C12H22N2O3/c1-2-5-11(16)13-8-12(17)14-7-4-3-6-10(14)9-15/h10,15H,2-9H2,1H3,(H,13,16). The van der Waals surface area contributed by atoms with E-state index in [1.807, 2.05) is 6.92 Å². The number of hydrogen-bond acceptors (Lipinski definition) is 3. The maximum absolute atomic E-state index is 11.9. The summed E-state index contributed by atoms with van der Waals surface area (Å²) >= 11 is 0. The van der Waals surface area contributed by atoms with Crippen LogP contribution in [0.25, 0.3) is 0 Å². The van der Waals surface area contributed by atoms with Crippen molar-refractivity contribution in [3.8, 4) is 0 Å². The summed E-state index contributed by atoms with van der Waals surface area (Å²) in [6.45, 7) is 2.67. The van der Waals surface area contributed by atoms with E-state index in [0.717, 1.165) is 25.7 Å². The van der Waals surface area contributed by atoms with E-state index < -0.39 is 0 Å². The average molecular weight is 242 g/mol. The van der Waals surface area contributed by atoms with Crippen molar-refractivity contribution in [3.05, 3.63) is 0 Å². The largest absolute Gasteiger partial charge is 0.394 e. The molecule has 2 amide bonds. The molecule has 5 heteroatoms. The molecule has 1 saturated heterocycles. The van der Waals surface area contributed by atoms with Gasteiger partial charge in [0.05, 0.1) is 19.2 Å². The van der Waals surface area contributed by atoms with Crippen molar-refractivity contribution >= 4 is 11.8 Å². The molecule has 1 atom stereocenters. The van der Waals surface area contributed by atoms with Crippen LogP contribution in [0.15, 0.2) is 0 Å². The van der Waals surface area contributed by atoms with E-state index in [1.165, 1.54) is 0 Å². The van der Waals surface area contributed by atoms with Crippen molar-refractivity contribution in [2.24, 2.45) is 0 Å². The molecule has 98 valence electrons. The molecule has 0 saturated carbocycles.